The molecule has 0 aromatic heterocycles. The summed E-state index contributed by atoms with van der Waals surface area (Å²) in [5.41, 5.74) is 0.633. The summed E-state index contributed by atoms with van der Waals surface area (Å²) >= 11 is 0. The zero-order chi connectivity index (χ0) is 24.4. The number of carbonyl (C=O) groups is 3. The molecule has 0 unspecified atom stereocenters. The third kappa shape index (κ3) is 10.9. The van der Waals surface area contributed by atoms with E-state index in [0.717, 1.165) is 25.7 Å². The van der Waals surface area contributed by atoms with Gasteiger partial charge in [-0.3, -0.25) is 0 Å². The SMILES string of the molecule is C=CC(=O)OCCCCCCCCCCCOc1ccc(C(=O)OC(=O)c2ccccc2)cc1. The minimum absolute atomic E-state index is 0.300. The van der Waals surface area contributed by atoms with Crippen LogP contribution in [0.1, 0.15) is 78.5 Å². The van der Waals surface area contributed by atoms with E-state index in [4.69, 9.17) is 14.2 Å². The normalized spacial score (nSPS) is 10.4. The summed E-state index contributed by atoms with van der Waals surface area (Å²) in [4.78, 5) is 35.0. The van der Waals surface area contributed by atoms with E-state index < -0.39 is 11.9 Å². The molecule has 0 atom stereocenters. The van der Waals surface area contributed by atoms with Crippen molar-refractivity contribution in [3.8, 4) is 5.75 Å². The smallest absolute Gasteiger partial charge is 0.346 e. The van der Waals surface area contributed by atoms with Gasteiger partial charge in [-0.1, -0.05) is 69.7 Å². The number of esters is 3. The Morgan fingerprint density at radius 1 is 0.647 bits per heavy atom. The van der Waals surface area contributed by atoms with Gasteiger partial charge in [0.05, 0.1) is 24.3 Å². The molecule has 2 rings (SSSR count). The van der Waals surface area contributed by atoms with Crippen molar-refractivity contribution in [2.24, 2.45) is 0 Å². The summed E-state index contributed by atoms with van der Waals surface area (Å²) in [7, 11) is 0. The predicted molar refractivity (Wildman–Crippen MR) is 131 cm³/mol. The van der Waals surface area contributed by atoms with Crippen LogP contribution in [0, 0.1) is 0 Å². The lowest BCUT2D eigenvalue weighted by Crippen LogP contribution is -2.12. The molecule has 2 aromatic rings. The molecular formula is C28H34O6. The van der Waals surface area contributed by atoms with Crippen molar-refractivity contribution in [3.63, 3.8) is 0 Å². The van der Waals surface area contributed by atoms with Crippen molar-refractivity contribution in [3.05, 3.63) is 78.4 Å². The Balaban J connectivity index is 1.49. The van der Waals surface area contributed by atoms with Crippen LogP contribution in [0.25, 0.3) is 0 Å². The standard InChI is InChI=1S/C28H34O6/c1-2-26(29)33-22-14-9-7-5-3-4-6-8-13-21-32-25-19-17-24(18-20-25)28(31)34-27(30)23-15-11-10-12-16-23/h2,10-12,15-20H,1,3-9,13-14,21-22H2. The van der Waals surface area contributed by atoms with E-state index >= 15 is 0 Å². The van der Waals surface area contributed by atoms with Crippen molar-refractivity contribution in [1.82, 2.24) is 0 Å². The molecule has 6 nitrogen and oxygen atoms in total. The maximum atomic E-state index is 12.1. The fourth-order valence-electron chi connectivity index (χ4n) is 3.33. The van der Waals surface area contributed by atoms with E-state index in [1.54, 1.807) is 54.6 Å². The Kier molecular flexibility index (Phi) is 12.8. The van der Waals surface area contributed by atoms with E-state index in [0.29, 0.717) is 30.1 Å². The zero-order valence-corrected chi connectivity index (χ0v) is 19.7. The lowest BCUT2D eigenvalue weighted by molar-refractivity contribution is -0.137. The van der Waals surface area contributed by atoms with Gasteiger partial charge in [-0.15, -0.1) is 0 Å². The number of ether oxygens (including phenoxy) is 3. The number of carbonyl (C=O) groups excluding carboxylic acids is 3. The fourth-order valence-corrected chi connectivity index (χ4v) is 3.33. The van der Waals surface area contributed by atoms with Gasteiger partial charge in [0.15, 0.2) is 0 Å². The molecule has 0 N–H and O–H groups in total. The van der Waals surface area contributed by atoms with Crippen molar-refractivity contribution in [2.45, 2.75) is 57.8 Å². The van der Waals surface area contributed by atoms with Gasteiger partial charge < -0.3 is 14.2 Å². The molecule has 182 valence electrons. The van der Waals surface area contributed by atoms with Crippen LogP contribution in [0.15, 0.2) is 67.3 Å². The van der Waals surface area contributed by atoms with Crippen LogP contribution in [-0.4, -0.2) is 31.1 Å². The summed E-state index contributed by atoms with van der Waals surface area (Å²) in [6, 6.07) is 15.0. The molecule has 0 aliphatic heterocycles. The summed E-state index contributed by atoms with van der Waals surface area (Å²) in [5.74, 6) is -1.02. The second kappa shape index (κ2) is 16.2. The number of hydrogen-bond donors (Lipinski definition) is 0. The molecule has 0 aliphatic carbocycles. The van der Waals surface area contributed by atoms with Crippen molar-refractivity contribution in [1.29, 1.82) is 0 Å². The van der Waals surface area contributed by atoms with Gasteiger partial charge >= 0.3 is 17.9 Å². The van der Waals surface area contributed by atoms with Crippen LogP contribution in [0.2, 0.25) is 0 Å². The van der Waals surface area contributed by atoms with Crippen LogP contribution in [0.3, 0.4) is 0 Å². The van der Waals surface area contributed by atoms with Crippen LogP contribution >= 0.6 is 0 Å². The zero-order valence-electron chi connectivity index (χ0n) is 19.7. The Bertz CT molecular complexity index is 889. The van der Waals surface area contributed by atoms with Gasteiger partial charge in [0.1, 0.15) is 5.75 Å². The first-order chi connectivity index (χ1) is 16.6. The van der Waals surface area contributed by atoms with Gasteiger partial charge in [-0.2, -0.15) is 0 Å². The highest BCUT2D eigenvalue weighted by Gasteiger charge is 2.14. The average Bonchev–Trinajstić information content (AvgIpc) is 2.87. The quantitative estimate of drug-likeness (QED) is 0.125. The Morgan fingerprint density at radius 3 is 1.71 bits per heavy atom. The van der Waals surface area contributed by atoms with E-state index in [1.807, 2.05) is 0 Å². The van der Waals surface area contributed by atoms with Gasteiger partial charge in [-0.05, 0) is 49.2 Å². The molecule has 0 saturated carbocycles. The Morgan fingerprint density at radius 2 is 1.15 bits per heavy atom. The molecule has 0 aliphatic rings. The highest BCUT2D eigenvalue weighted by molar-refractivity contribution is 6.02. The summed E-state index contributed by atoms with van der Waals surface area (Å²) in [5, 5.41) is 0. The first-order valence-electron chi connectivity index (χ1n) is 11.9. The highest BCUT2D eigenvalue weighted by Crippen LogP contribution is 2.15. The predicted octanol–water partition coefficient (Wildman–Crippen LogP) is 6.30. The molecule has 0 amide bonds. The van der Waals surface area contributed by atoms with Gasteiger partial charge in [0, 0.05) is 6.08 Å². The van der Waals surface area contributed by atoms with E-state index in [-0.39, 0.29) is 5.97 Å². The van der Waals surface area contributed by atoms with Crippen LogP contribution < -0.4 is 4.74 Å². The van der Waals surface area contributed by atoms with E-state index in [2.05, 4.69) is 6.58 Å². The molecule has 0 radical (unpaired) electrons. The van der Waals surface area contributed by atoms with Crippen molar-refractivity contribution >= 4 is 17.9 Å². The largest absolute Gasteiger partial charge is 0.494 e. The van der Waals surface area contributed by atoms with Gasteiger partial charge in [0.25, 0.3) is 0 Å². The Labute approximate surface area is 201 Å². The third-order valence-electron chi connectivity index (χ3n) is 5.25. The number of unbranched alkanes of at least 4 members (excludes halogenated alkanes) is 8. The van der Waals surface area contributed by atoms with Crippen molar-refractivity contribution in [2.75, 3.05) is 13.2 Å². The maximum absolute atomic E-state index is 12.1. The highest BCUT2D eigenvalue weighted by atomic mass is 16.6. The second-order valence-electron chi connectivity index (χ2n) is 7.97. The maximum Gasteiger partial charge on any atom is 0.346 e. The summed E-state index contributed by atoms with van der Waals surface area (Å²) < 4.78 is 15.6. The molecule has 0 spiro atoms. The molecule has 0 bridgehead atoms. The molecule has 6 heteroatoms. The Hall–Kier alpha value is -3.41. The molecule has 0 saturated heterocycles. The lowest BCUT2D eigenvalue weighted by Gasteiger charge is -2.07. The van der Waals surface area contributed by atoms with Crippen LogP contribution in [0.5, 0.6) is 5.75 Å². The van der Waals surface area contributed by atoms with Gasteiger partial charge in [-0.25, -0.2) is 14.4 Å². The number of rotatable bonds is 16. The lowest BCUT2D eigenvalue weighted by atomic mass is 10.1. The van der Waals surface area contributed by atoms with Crippen LogP contribution in [0.4, 0.5) is 0 Å². The third-order valence-corrected chi connectivity index (χ3v) is 5.25. The van der Waals surface area contributed by atoms with Crippen LogP contribution in [-0.2, 0) is 14.3 Å². The molecule has 34 heavy (non-hydrogen) atoms. The summed E-state index contributed by atoms with van der Waals surface area (Å²) in [6.45, 7) is 4.47. The van der Waals surface area contributed by atoms with Gasteiger partial charge in [0.2, 0.25) is 0 Å². The first-order valence-corrected chi connectivity index (χ1v) is 11.9. The molecule has 2 aromatic carbocycles. The minimum Gasteiger partial charge on any atom is -0.494 e. The number of benzene rings is 2. The van der Waals surface area contributed by atoms with E-state index in [9.17, 15) is 14.4 Å². The fraction of sp³-hybridized carbons (Fsp3) is 0.393. The second-order valence-corrected chi connectivity index (χ2v) is 7.97. The molecular weight excluding hydrogens is 432 g/mol. The molecule has 0 fully saturated rings. The molecule has 0 heterocycles. The summed E-state index contributed by atoms with van der Waals surface area (Å²) in [6.07, 6.45) is 11.3. The van der Waals surface area contributed by atoms with Crippen molar-refractivity contribution < 1.29 is 28.6 Å². The average molecular weight is 467 g/mol. The number of hydrogen-bond acceptors (Lipinski definition) is 6. The topological polar surface area (TPSA) is 78.9 Å². The van der Waals surface area contributed by atoms with E-state index in [1.165, 1.54) is 38.2 Å². The first kappa shape index (κ1) is 26.8. The minimum atomic E-state index is -0.684. The monoisotopic (exact) mass is 466 g/mol.